The molecule has 1 saturated heterocycles. The number of carbonyl (C=O) groups is 2. The monoisotopic (exact) mass is 364 g/mol. The first-order valence-electron chi connectivity index (χ1n) is 8.34. The predicted molar refractivity (Wildman–Crippen MR) is 94.1 cm³/mol. The second-order valence-corrected chi connectivity index (χ2v) is 6.36. The van der Waals surface area contributed by atoms with Gasteiger partial charge in [-0.15, -0.1) is 0 Å². The van der Waals surface area contributed by atoms with E-state index in [9.17, 15) is 9.59 Å². The number of aromatic nitrogens is 5. The van der Waals surface area contributed by atoms with Crippen LogP contribution < -0.4 is 5.32 Å². The molecule has 4 heterocycles. The van der Waals surface area contributed by atoms with E-state index in [0.717, 1.165) is 5.56 Å². The molecule has 0 aromatic carbocycles. The van der Waals surface area contributed by atoms with Gasteiger partial charge in [0.1, 0.15) is 5.52 Å². The van der Waals surface area contributed by atoms with Crippen molar-refractivity contribution in [2.75, 3.05) is 19.6 Å². The fourth-order valence-electron chi connectivity index (χ4n) is 2.88. The van der Waals surface area contributed by atoms with Crippen molar-refractivity contribution in [3.05, 3.63) is 30.4 Å². The summed E-state index contributed by atoms with van der Waals surface area (Å²) < 4.78 is 1.66. The molecule has 1 fully saturated rings. The molecule has 0 atom stereocenters. The minimum atomic E-state index is -0.412. The Morgan fingerprint density at radius 1 is 1.41 bits per heavy atom. The molecule has 0 saturated carbocycles. The number of aromatic amines is 1. The van der Waals surface area contributed by atoms with E-state index in [1.54, 1.807) is 29.0 Å². The molecule has 1 aliphatic heterocycles. The number of nitrogens with one attached hydrogen (secondary N) is 2. The molecule has 27 heavy (non-hydrogen) atoms. The number of aryl methyl sites for hydroxylation is 1. The molecule has 1 aliphatic rings. The number of nitrogens with zero attached hydrogens (tertiary/aromatic N) is 6. The molecular formula is C17H16N8O2. The molecule has 3 aromatic heterocycles. The number of rotatable bonds is 4. The van der Waals surface area contributed by atoms with Crippen LogP contribution in [-0.4, -0.2) is 61.1 Å². The second-order valence-electron chi connectivity index (χ2n) is 6.36. The zero-order valence-corrected chi connectivity index (χ0v) is 14.5. The molecule has 10 heteroatoms. The van der Waals surface area contributed by atoms with Gasteiger partial charge in [0.05, 0.1) is 42.2 Å². The van der Waals surface area contributed by atoms with Crippen LogP contribution in [0.3, 0.4) is 0 Å². The molecule has 3 aromatic rings. The Kier molecular flexibility index (Phi) is 4.04. The Balaban J connectivity index is 1.48. The summed E-state index contributed by atoms with van der Waals surface area (Å²) in [6.07, 6.45) is 6.61. The summed E-state index contributed by atoms with van der Waals surface area (Å²) in [5.74, 6) is -0.735. The third-order valence-corrected chi connectivity index (χ3v) is 4.44. The standard InChI is InChI=1S/C17H16N8O2/c1-24-9-11(3-22-24)13-5-20-16-15(23-13)12(4-19-16)17(27)21-6-14(26)25-7-10(2-18)8-25/h3-5,9-10H,6-8H2,1H3,(H,19,20)(H,21,27). The summed E-state index contributed by atoms with van der Waals surface area (Å²) in [6.45, 7) is 0.704. The number of amides is 2. The van der Waals surface area contributed by atoms with Gasteiger partial charge in [-0.3, -0.25) is 14.3 Å². The second kappa shape index (κ2) is 6.53. The van der Waals surface area contributed by atoms with Crippen molar-refractivity contribution in [2.24, 2.45) is 13.0 Å². The molecule has 10 nitrogen and oxygen atoms in total. The van der Waals surface area contributed by atoms with Crippen LogP contribution in [0.5, 0.6) is 0 Å². The molecule has 2 N–H and O–H groups in total. The average Bonchev–Trinajstić information content (AvgIpc) is 3.24. The van der Waals surface area contributed by atoms with Gasteiger partial charge in [0.15, 0.2) is 5.65 Å². The highest BCUT2D eigenvalue weighted by molar-refractivity contribution is 6.05. The minimum Gasteiger partial charge on any atom is -0.344 e. The average molecular weight is 364 g/mol. The van der Waals surface area contributed by atoms with E-state index in [4.69, 9.17) is 5.26 Å². The Hall–Kier alpha value is -3.74. The third-order valence-electron chi connectivity index (χ3n) is 4.44. The van der Waals surface area contributed by atoms with Gasteiger partial charge in [-0.2, -0.15) is 10.4 Å². The first kappa shape index (κ1) is 16.7. The number of carbonyl (C=O) groups excluding carboxylic acids is 2. The maximum Gasteiger partial charge on any atom is 0.255 e. The van der Waals surface area contributed by atoms with Crippen LogP contribution in [0, 0.1) is 17.2 Å². The van der Waals surface area contributed by atoms with Gasteiger partial charge in [-0.1, -0.05) is 0 Å². The molecular weight excluding hydrogens is 348 g/mol. The van der Waals surface area contributed by atoms with Crippen LogP contribution in [0.25, 0.3) is 22.4 Å². The smallest absolute Gasteiger partial charge is 0.255 e. The van der Waals surface area contributed by atoms with Crippen LogP contribution in [0.4, 0.5) is 0 Å². The van der Waals surface area contributed by atoms with Crippen molar-refractivity contribution in [3.8, 4) is 17.3 Å². The number of hydrogen-bond acceptors (Lipinski definition) is 6. The molecule has 0 unspecified atom stereocenters. The predicted octanol–water partition coefficient (Wildman–Crippen LogP) is 0.0702. The first-order valence-corrected chi connectivity index (χ1v) is 8.34. The lowest BCUT2D eigenvalue weighted by atomic mass is 10.0. The highest BCUT2D eigenvalue weighted by atomic mass is 16.2. The number of hydrogen-bond donors (Lipinski definition) is 2. The van der Waals surface area contributed by atoms with E-state index in [-0.39, 0.29) is 18.4 Å². The fourth-order valence-corrected chi connectivity index (χ4v) is 2.88. The van der Waals surface area contributed by atoms with Crippen LogP contribution in [0.15, 0.2) is 24.8 Å². The quantitative estimate of drug-likeness (QED) is 0.673. The molecule has 0 aliphatic carbocycles. The van der Waals surface area contributed by atoms with E-state index >= 15 is 0 Å². The number of fused-ring (bicyclic) bond motifs is 1. The first-order chi connectivity index (χ1) is 13.0. The van der Waals surface area contributed by atoms with Gasteiger partial charge in [0.2, 0.25) is 5.91 Å². The van der Waals surface area contributed by atoms with Gasteiger partial charge >= 0.3 is 0 Å². The summed E-state index contributed by atoms with van der Waals surface area (Å²) in [6, 6.07) is 2.11. The van der Waals surface area contributed by atoms with Gasteiger partial charge in [-0.05, 0) is 0 Å². The number of nitriles is 1. The van der Waals surface area contributed by atoms with Gasteiger partial charge in [0.25, 0.3) is 5.91 Å². The van der Waals surface area contributed by atoms with Crippen molar-refractivity contribution in [1.29, 1.82) is 5.26 Å². The van der Waals surface area contributed by atoms with Gasteiger partial charge in [0, 0.05) is 38.1 Å². The summed E-state index contributed by atoms with van der Waals surface area (Å²) >= 11 is 0. The lowest BCUT2D eigenvalue weighted by Crippen LogP contribution is -2.52. The largest absolute Gasteiger partial charge is 0.344 e. The summed E-state index contributed by atoms with van der Waals surface area (Å²) in [5, 5.41) is 15.5. The topological polar surface area (TPSA) is 133 Å². The van der Waals surface area contributed by atoms with Crippen LogP contribution >= 0.6 is 0 Å². The van der Waals surface area contributed by atoms with Crippen molar-refractivity contribution in [1.82, 2.24) is 34.9 Å². The Morgan fingerprint density at radius 3 is 2.93 bits per heavy atom. The van der Waals surface area contributed by atoms with E-state index in [2.05, 4.69) is 31.4 Å². The lowest BCUT2D eigenvalue weighted by Gasteiger charge is -2.35. The molecule has 0 spiro atoms. The molecule has 2 amide bonds. The summed E-state index contributed by atoms with van der Waals surface area (Å²) in [5.41, 5.74) is 2.62. The Bertz CT molecular complexity index is 1070. The van der Waals surface area contributed by atoms with Crippen molar-refractivity contribution in [2.45, 2.75) is 0 Å². The lowest BCUT2D eigenvalue weighted by molar-refractivity contribution is -0.135. The van der Waals surface area contributed by atoms with Gasteiger partial charge < -0.3 is 15.2 Å². The highest BCUT2D eigenvalue weighted by Gasteiger charge is 2.30. The van der Waals surface area contributed by atoms with E-state index < -0.39 is 5.91 Å². The Labute approximate surface area is 153 Å². The van der Waals surface area contributed by atoms with Crippen molar-refractivity contribution >= 4 is 23.0 Å². The third kappa shape index (κ3) is 3.10. The zero-order chi connectivity index (χ0) is 19.0. The number of H-pyrrole nitrogens is 1. The minimum absolute atomic E-state index is 0.112. The van der Waals surface area contributed by atoms with E-state index in [0.29, 0.717) is 35.5 Å². The van der Waals surface area contributed by atoms with Crippen molar-refractivity contribution < 1.29 is 9.59 Å². The number of likely N-dealkylation sites (tertiary alicyclic amines) is 1. The maximum atomic E-state index is 12.5. The highest BCUT2D eigenvalue weighted by Crippen LogP contribution is 2.20. The SMILES string of the molecule is Cn1cc(-c2cnc3[nH]cc(C(=O)NCC(=O)N4CC(C#N)C4)c3n2)cn1. The van der Waals surface area contributed by atoms with Crippen LogP contribution in [0.2, 0.25) is 0 Å². The zero-order valence-electron chi connectivity index (χ0n) is 14.5. The summed E-state index contributed by atoms with van der Waals surface area (Å²) in [7, 11) is 1.80. The normalized spacial score (nSPS) is 14.0. The maximum absolute atomic E-state index is 12.5. The Morgan fingerprint density at radius 2 is 2.22 bits per heavy atom. The molecule has 0 radical (unpaired) electrons. The van der Waals surface area contributed by atoms with Crippen molar-refractivity contribution in [3.63, 3.8) is 0 Å². The fraction of sp³-hybridized carbons (Fsp3) is 0.294. The van der Waals surface area contributed by atoms with E-state index in [1.165, 1.54) is 6.20 Å². The van der Waals surface area contributed by atoms with Crippen LogP contribution in [-0.2, 0) is 11.8 Å². The molecule has 136 valence electrons. The molecule has 4 rings (SSSR count). The van der Waals surface area contributed by atoms with Gasteiger partial charge in [-0.25, -0.2) is 9.97 Å². The summed E-state index contributed by atoms with van der Waals surface area (Å²) in [4.78, 5) is 37.8. The van der Waals surface area contributed by atoms with E-state index in [1.807, 2.05) is 6.20 Å². The van der Waals surface area contributed by atoms with Crippen LogP contribution in [0.1, 0.15) is 10.4 Å². The molecule has 0 bridgehead atoms.